The lowest BCUT2D eigenvalue weighted by molar-refractivity contribution is -0.191. The largest absolute Gasteiger partial charge is 0.488 e. The van der Waals surface area contributed by atoms with Gasteiger partial charge in [0.15, 0.2) is 16.9 Å². The van der Waals surface area contributed by atoms with E-state index in [-0.39, 0.29) is 17.6 Å². The molecule has 0 bridgehead atoms. The Morgan fingerprint density at radius 3 is 1.69 bits per heavy atom. The predicted molar refractivity (Wildman–Crippen MR) is 375 cm³/mol. The fraction of sp³-hybridized carbons (Fsp3) is 0.200. The number of aryl methyl sites for hydroxylation is 1. The maximum Gasteiger partial charge on any atom is 0.488 e. The summed E-state index contributed by atoms with van der Waals surface area (Å²) in [5.41, 5.74) is 13.0. The molecule has 0 atom stereocenters. The molecule has 94 heavy (non-hydrogen) atoms. The third-order valence-corrected chi connectivity index (χ3v) is 15.1. The summed E-state index contributed by atoms with van der Waals surface area (Å²) in [6.07, 6.45) is 29.7. The number of pyridine rings is 1. The van der Waals surface area contributed by atoms with Crippen molar-refractivity contribution < 1.29 is 39.1 Å². The minimum Gasteiger partial charge on any atom is -0.478 e. The van der Waals surface area contributed by atoms with Crippen LogP contribution in [0.15, 0.2) is 189 Å². The van der Waals surface area contributed by atoms with Gasteiger partial charge < -0.3 is 30.1 Å². The van der Waals surface area contributed by atoms with Crippen LogP contribution in [-0.4, -0.2) is 141 Å². The van der Waals surface area contributed by atoms with Crippen LogP contribution in [0.1, 0.15) is 69.2 Å². The molecule has 4 aromatic carbocycles. The number of nitrogens with one attached hydrogen (secondary N) is 1. The normalized spacial score (nSPS) is 11.9. The summed E-state index contributed by atoms with van der Waals surface area (Å²) in [7, 11) is -2.45. The van der Waals surface area contributed by atoms with Crippen molar-refractivity contribution in [3.05, 3.63) is 231 Å². The van der Waals surface area contributed by atoms with Crippen molar-refractivity contribution >= 4 is 89.8 Å². The first-order chi connectivity index (χ1) is 45.4. The minimum atomic E-state index is -1.35. The lowest BCUT2D eigenvalue weighted by Crippen LogP contribution is -2.40. The molecule has 0 spiro atoms. The second-order valence-corrected chi connectivity index (χ2v) is 27.6. The van der Waals surface area contributed by atoms with Gasteiger partial charge in [-0.1, -0.05) is 129 Å². The third-order valence-electron chi connectivity index (χ3n) is 13.4. The number of nitrogens with zero attached hydrogens (tertiary/aromatic N) is 11. The average Bonchev–Trinajstić information content (AvgIpc) is 1.58. The van der Waals surface area contributed by atoms with Crippen LogP contribution in [-0.2, 0) is 20.7 Å². The molecule has 0 unspecified atom stereocenters. The Morgan fingerprint density at radius 2 is 1.21 bits per heavy atom. The van der Waals surface area contributed by atoms with Crippen LogP contribution >= 0.6 is 34.2 Å². The number of benzene rings is 4. The molecule has 2 aliphatic heterocycles. The highest BCUT2D eigenvalue weighted by atomic mass is 127. The topological polar surface area (TPSA) is 257 Å². The Hall–Kier alpha value is -9.97. The van der Waals surface area contributed by atoms with Crippen LogP contribution < -0.4 is 10.8 Å². The molecule has 478 valence electrons. The molecule has 2 aliphatic rings. The molecule has 7 aromatic heterocycles. The molecular formula is C70H69BClIN12O8Si. The van der Waals surface area contributed by atoms with Gasteiger partial charge in [-0.05, 0) is 133 Å². The number of aromatic nitrogens is 10. The first-order valence-corrected chi connectivity index (χ1v) is 34.6. The highest BCUT2D eigenvalue weighted by Gasteiger charge is 2.19. The number of rotatable bonds is 6. The standard InChI is InChI=1S/C24H19N5O2.C15H9N3O2.C8H11BO2.C6H4ClN3.C6H5I.C5H11N.C5H10Si.CO2/c30-24(28-13-15-31-16-14-28)20-5-3-19(4-6-20)22-9-12-29-23(27-22)21(17-26-29)2-1-18-7-10-25-11-8-18;1-2-10-9-16-18-8-7-13(17-14(10)18)11-3-5-12(6-4-11)15(19)20;1-2-7-3-5-8(6-4-7)9(10)11;7-5-2-4-10-6(9-5)1-3-8-10;7-6-4-2-1-3-5-6;1-2-4-6-5-3-1;1-5-6(2,3)4;2-1-3/h3-12,17H,13-16H2;1,3-9H,(H,19,20);3-6,10-11H,2H2,1H3;1-4H;1-5H;6H,1-5H2;1H,2-4H3;. The number of ether oxygens (including phenoxy) is 1. The van der Waals surface area contributed by atoms with Gasteiger partial charge in [0.25, 0.3) is 5.91 Å². The summed E-state index contributed by atoms with van der Waals surface area (Å²) in [5, 5.41) is 42.5. The van der Waals surface area contributed by atoms with E-state index in [4.69, 9.17) is 58.9 Å². The molecule has 24 heteroatoms. The van der Waals surface area contributed by atoms with Gasteiger partial charge in [-0.2, -0.15) is 24.9 Å². The zero-order valence-electron chi connectivity index (χ0n) is 52.3. The number of halogens is 2. The molecule has 0 saturated carbocycles. The molecule has 13 rings (SSSR count). The van der Waals surface area contributed by atoms with Crippen molar-refractivity contribution in [2.45, 2.75) is 52.2 Å². The monoisotopic (exact) mass is 1410 g/mol. The zero-order chi connectivity index (χ0) is 67.7. The molecule has 11 aromatic rings. The van der Waals surface area contributed by atoms with Gasteiger partial charge in [0.1, 0.15) is 13.2 Å². The Bertz CT molecular complexity index is 4330. The maximum atomic E-state index is 12.6. The van der Waals surface area contributed by atoms with Crippen molar-refractivity contribution in [1.82, 2.24) is 59.0 Å². The number of hydrogen-bond acceptors (Lipinski definition) is 15. The summed E-state index contributed by atoms with van der Waals surface area (Å²) in [5.74, 6) is 7.86. The van der Waals surface area contributed by atoms with E-state index in [1.807, 2.05) is 83.9 Å². The highest BCUT2D eigenvalue weighted by Crippen LogP contribution is 2.22. The van der Waals surface area contributed by atoms with Crippen molar-refractivity contribution in [1.29, 1.82) is 0 Å². The summed E-state index contributed by atoms with van der Waals surface area (Å²) < 4.78 is 11.6. The number of fused-ring (bicyclic) bond motifs is 3. The van der Waals surface area contributed by atoms with E-state index in [1.54, 1.807) is 112 Å². The number of aromatic carboxylic acids is 1. The first kappa shape index (κ1) is 73.1. The van der Waals surface area contributed by atoms with Gasteiger partial charge in [-0.25, -0.2) is 33.3 Å². The van der Waals surface area contributed by atoms with Crippen molar-refractivity contribution in [2.24, 2.45) is 0 Å². The molecule has 0 radical (unpaired) electrons. The fourth-order valence-electron chi connectivity index (χ4n) is 8.27. The highest BCUT2D eigenvalue weighted by molar-refractivity contribution is 14.1. The number of carbonyl (C=O) groups excluding carboxylic acids is 3. The Morgan fingerprint density at radius 1 is 0.670 bits per heavy atom. The number of carboxylic acid groups (broad SMARTS) is 1. The van der Waals surface area contributed by atoms with E-state index in [0.29, 0.717) is 65.0 Å². The maximum absolute atomic E-state index is 12.6. The van der Waals surface area contributed by atoms with Gasteiger partial charge in [-0.3, -0.25) is 9.78 Å². The first-order valence-electron chi connectivity index (χ1n) is 29.6. The van der Waals surface area contributed by atoms with Crippen LogP contribution in [0.3, 0.4) is 0 Å². The smallest absolute Gasteiger partial charge is 0.478 e. The van der Waals surface area contributed by atoms with Crippen LogP contribution in [0.5, 0.6) is 0 Å². The number of terminal acetylenes is 2. The van der Waals surface area contributed by atoms with Gasteiger partial charge in [0.2, 0.25) is 0 Å². The van der Waals surface area contributed by atoms with E-state index in [9.17, 15) is 9.59 Å². The predicted octanol–water partition coefficient (Wildman–Crippen LogP) is 10.0. The van der Waals surface area contributed by atoms with Gasteiger partial charge in [0.05, 0.1) is 59.9 Å². The Labute approximate surface area is 565 Å². The molecular weight excluding hydrogens is 1340 g/mol. The van der Waals surface area contributed by atoms with Crippen molar-refractivity contribution in [2.75, 3.05) is 39.4 Å². The van der Waals surface area contributed by atoms with Crippen molar-refractivity contribution in [3.8, 4) is 58.7 Å². The number of carbonyl (C=O) groups is 2. The fourth-order valence-corrected chi connectivity index (χ4v) is 8.83. The lowest BCUT2D eigenvalue weighted by atomic mass is 9.80. The van der Waals surface area contributed by atoms with E-state index in [1.165, 1.54) is 41.5 Å². The SMILES string of the molecule is C#C[Si](C)(C)C.C#Cc1cnn2ccc(-c3ccc(C(=O)O)cc3)nc12.C1CCNCC1.CCc1ccc(B(O)O)cc1.Clc1ccn2nccc2n1.Ic1ccccc1.O=C(c1ccc(-c2ccn3ncc(C#Cc4ccncc4)c3n2)cc1)N1CCOCC1.O=C=O. The molecule has 2 fully saturated rings. The summed E-state index contributed by atoms with van der Waals surface area (Å²) in [6, 6.07) is 42.4. The van der Waals surface area contributed by atoms with Crippen LogP contribution in [0.4, 0.5) is 0 Å². The molecule has 4 N–H and O–H groups in total. The Balaban J connectivity index is 0.000000190. The zero-order valence-corrected chi connectivity index (χ0v) is 56.2. The van der Waals surface area contributed by atoms with Crippen LogP contribution in [0.25, 0.3) is 39.5 Å². The molecule has 0 aliphatic carbocycles. The minimum absolute atomic E-state index is 0.0303. The summed E-state index contributed by atoms with van der Waals surface area (Å²) in [6.45, 7) is 13.4. The van der Waals surface area contributed by atoms with E-state index >= 15 is 0 Å². The number of amides is 1. The summed E-state index contributed by atoms with van der Waals surface area (Å²) in [4.78, 5) is 58.8. The molecule has 20 nitrogen and oxygen atoms in total. The number of morpholine rings is 1. The van der Waals surface area contributed by atoms with Crippen LogP contribution in [0.2, 0.25) is 24.8 Å². The number of hydrogen-bond donors (Lipinski definition) is 4. The van der Waals surface area contributed by atoms with Crippen molar-refractivity contribution in [3.63, 3.8) is 0 Å². The lowest BCUT2D eigenvalue weighted by Gasteiger charge is -2.26. The van der Waals surface area contributed by atoms with Gasteiger partial charge in [-0.15, -0.1) is 18.4 Å². The number of carboxylic acids is 1. The number of piperidine rings is 1. The van der Waals surface area contributed by atoms with E-state index < -0.39 is 21.2 Å². The van der Waals surface area contributed by atoms with Gasteiger partial charge in [0, 0.05) is 76.0 Å². The second kappa shape index (κ2) is 38.8. The summed E-state index contributed by atoms with van der Waals surface area (Å²) >= 11 is 7.90. The Kier molecular flexibility index (Phi) is 30.2. The molecule has 1 amide bonds. The van der Waals surface area contributed by atoms with E-state index in [0.717, 1.165) is 40.0 Å². The van der Waals surface area contributed by atoms with E-state index in [2.05, 4.69) is 120 Å². The second-order valence-electron chi connectivity index (χ2n) is 21.2. The van der Waals surface area contributed by atoms with Gasteiger partial charge >= 0.3 is 19.2 Å². The van der Waals surface area contributed by atoms with Crippen LogP contribution in [0, 0.1) is 39.7 Å². The third kappa shape index (κ3) is 24.3. The molecule has 2 saturated heterocycles. The quantitative estimate of drug-likeness (QED) is 0.0522. The molecule has 9 heterocycles. The average molecular weight is 1410 g/mol.